The van der Waals surface area contributed by atoms with E-state index in [0.29, 0.717) is 5.92 Å². The molecule has 0 saturated heterocycles. The predicted molar refractivity (Wildman–Crippen MR) is 81.7 cm³/mol. The Morgan fingerprint density at radius 1 is 1.37 bits per heavy atom. The quantitative estimate of drug-likeness (QED) is 0.703. The van der Waals surface area contributed by atoms with E-state index >= 15 is 0 Å². The summed E-state index contributed by atoms with van der Waals surface area (Å²) in [5.74, 6) is 0.465. The normalized spacial score (nSPS) is 12.0. The molecule has 0 aliphatic carbocycles. The van der Waals surface area contributed by atoms with Crippen LogP contribution in [0, 0.1) is 6.92 Å². The molecule has 2 nitrogen and oxygen atoms in total. The van der Waals surface area contributed by atoms with Gasteiger partial charge in [-0.1, -0.05) is 30.7 Å². The smallest absolute Gasteiger partial charge is 0.254 e. The standard InChI is InChI=1S/C17H25NO/c1-6-9-14(5)15-11-10-13(4)12-16(15)17(19)18(7-2)8-3/h6,10-12,14H,1,7-9H2,2-5H3/t14-/m1/s1. The minimum atomic E-state index is 0.139. The SMILES string of the molecule is C=CC[C@@H](C)c1ccc(C)cc1C(=O)N(CC)CC. The number of nitrogens with zero attached hydrogens (tertiary/aromatic N) is 1. The van der Waals surface area contributed by atoms with Crippen molar-refractivity contribution in [1.82, 2.24) is 4.90 Å². The van der Waals surface area contributed by atoms with Crippen LogP contribution in [0.5, 0.6) is 0 Å². The second kappa shape index (κ2) is 7.13. The molecule has 0 fully saturated rings. The molecule has 1 aromatic carbocycles. The van der Waals surface area contributed by atoms with E-state index in [1.807, 2.05) is 37.8 Å². The van der Waals surface area contributed by atoms with Crippen LogP contribution in [0.3, 0.4) is 0 Å². The molecule has 1 rings (SSSR count). The highest BCUT2D eigenvalue weighted by molar-refractivity contribution is 5.96. The van der Waals surface area contributed by atoms with Gasteiger partial charge in [-0.3, -0.25) is 4.79 Å². The van der Waals surface area contributed by atoms with E-state index in [1.54, 1.807) is 0 Å². The van der Waals surface area contributed by atoms with Crippen molar-refractivity contribution in [3.05, 3.63) is 47.5 Å². The lowest BCUT2D eigenvalue weighted by molar-refractivity contribution is 0.0771. The maximum Gasteiger partial charge on any atom is 0.254 e. The minimum Gasteiger partial charge on any atom is -0.339 e. The first-order chi connectivity index (χ1) is 9.04. The van der Waals surface area contributed by atoms with Gasteiger partial charge in [0.15, 0.2) is 0 Å². The summed E-state index contributed by atoms with van der Waals surface area (Å²) in [7, 11) is 0. The van der Waals surface area contributed by atoms with Crippen LogP contribution in [-0.2, 0) is 0 Å². The average Bonchev–Trinajstić information content (AvgIpc) is 2.40. The number of carbonyl (C=O) groups excluding carboxylic acids is 1. The topological polar surface area (TPSA) is 20.3 Å². The third kappa shape index (κ3) is 3.69. The summed E-state index contributed by atoms with van der Waals surface area (Å²) in [5, 5.41) is 0. The van der Waals surface area contributed by atoms with Crippen LogP contribution in [0.1, 0.15) is 54.6 Å². The highest BCUT2D eigenvalue weighted by Gasteiger charge is 2.19. The monoisotopic (exact) mass is 259 g/mol. The van der Waals surface area contributed by atoms with Crippen LogP contribution in [0.15, 0.2) is 30.9 Å². The molecule has 0 bridgehead atoms. The molecule has 0 spiro atoms. The van der Waals surface area contributed by atoms with E-state index < -0.39 is 0 Å². The van der Waals surface area contributed by atoms with Gasteiger partial charge in [-0.25, -0.2) is 0 Å². The van der Waals surface area contributed by atoms with Crippen molar-refractivity contribution < 1.29 is 4.79 Å². The fraction of sp³-hybridized carbons (Fsp3) is 0.471. The first kappa shape index (κ1) is 15.5. The van der Waals surface area contributed by atoms with Crippen LogP contribution >= 0.6 is 0 Å². The summed E-state index contributed by atoms with van der Waals surface area (Å²) in [6, 6.07) is 6.17. The maximum atomic E-state index is 12.6. The van der Waals surface area contributed by atoms with E-state index in [4.69, 9.17) is 0 Å². The predicted octanol–water partition coefficient (Wildman–Crippen LogP) is 4.16. The van der Waals surface area contributed by atoms with Gasteiger partial charge in [-0.2, -0.15) is 0 Å². The van der Waals surface area contributed by atoms with Crippen molar-refractivity contribution in [2.75, 3.05) is 13.1 Å². The Labute approximate surface area is 117 Å². The lowest BCUT2D eigenvalue weighted by Crippen LogP contribution is -2.31. The van der Waals surface area contributed by atoms with Gasteiger partial charge in [0, 0.05) is 18.7 Å². The Kier molecular flexibility index (Phi) is 5.81. The molecule has 2 heteroatoms. The molecule has 19 heavy (non-hydrogen) atoms. The number of hydrogen-bond donors (Lipinski definition) is 0. The summed E-state index contributed by atoms with van der Waals surface area (Å²) >= 11 is 0. The van der Waals surface area contributed by atoms with Crippen molar-refractivity contribution in [3.63, 3.8) is 0 Å². The lowest BCUT2D eigenvalue weighted by atomic mass is 9.91. The average molecular weight is 259 g/mol. The Morgan fingerprint density at radius 3 is 2.53 bits per heavy atom. The van der Waals surface area contributed by atoms with Crippen LogP contribution in [0.25, 0.3) is 0 Å². The van der Waals surface area contributed by atoms with E-state index in [-0.39, 0.29) is 5.91 Å². The maximum absolute atomic E-state index is 12.6. The number of aryl methyl sites for hydroxylation is 1. The number of benzene rings is 1. The van der Waals surface area contributed by atoms with Gasteiger partial charge >= 0.3 is 0 Å². The fourth-order valence-electron chi connectivity index (χ4n) is 2.34. The Balaban J connectivity index is 3.20. The Morgan fingerprint density at radius 2 is 2.00 bits per heavy atom. The van der Waals surface area contributed by atoms with Gasteiger partial charge in [-0.05, 0) is 44.7 Å². The second-order valence-electron chi connectivity index (χ2n) is 4.99. The fourth-order valence-corrected chi connectivity index (χ4v) is 2.34. The van der Waals surface area contributed by atoms with Crippen LogP contribution in [0.4, 0.5) is 0 Å². The van der Waals surface area contributed by atoms with E-state index in [1.165, 1.54) is 0 Å². The Bertz CT molecular complexity index is 447. The molecule has 0 N–H and O–H groups in total. The molecule has 1 atom stereocenters. The Hall–Kier alpha value is -1.57. The van der Waals surface area contributed by atoms with Crippen molar-refractivity contribution in [2.45, 2.75) is 40.0 Å². The molecular weight excluding hydrogens is 234 g/mol. The van der Waals surface area contributed by atoms with Crippen LogP contribution < -0.4 is 0 Å². The summed E-state index contributed by atoms with van der Waals surface area (Å²) in [4.78, 5) is 14.5. The van der Waals surface area contributed by atoms with Gasteiger partial charge in [0.25, 0.3) is 5.91 Å². The number of amides is 1. The minimum absolute atomic E-state index is 0.139. The van der Waals surface area contributed by atoms with Crippen molar-refractivity contribution in [2.24, 2.45) is 0 Å². The van der Waals surface area contributed by atoms with Crippen molar-refractivity contribution in [3.8, 4) is 0 Å². The molecule has 0 aromatic heterocycles. The summed E-state index contributed by atoms with van der Waals surface area (Å²) in [5.41, 5.74) is 3.10. The molecule has 1 aromatic rings. The number of allylic oxidation sites excluding steroid dienone is 1. The first-order valence-electron chi connectivity index (χ1n) is 7.05. The molecule has 0 saturated carbocycles. The van der Waals surface area contributed by atoms with Crippen LogP contribution in [-0.4, -0.2) is 23.9 Å². The molecular formula is C17H25NO. The van der Waals surface area contributed by atoms with E-state index in [9.17, 15) is 4.79 Å². The largest absolute Gasteiger partial charge is 0.339 e. The van der Waals surface area contributed by atoms with Crippen molar-refractivity contribution in [1.29, 1.82) is 0 Å². The van der Waals surface area contributed by atoms with Gasteiger partial charge in [-0.15, -0.1) is 6.58 Å². The zero-order valence-corrected chi connectivity index (χ0v) is 12.6. The van der Waals surface area contributed by atoms with E-state index in [0.717, 1.165) is 36.2 Å². The van der Waals surface area contributed by atoms with Gasteiger partial charge in [0.05, 0.1) is 0 Å². The molecule has 0 unspecified atom stereocenters. The van der Waals surface area contributed by atoms with Crippen LogP contribution in [0.2, 0.25) is 0 Å². The molecule has 0 radical (unpaired) electrons. The summed E-state index contributed by atoms with van der Waals surface area (Å²) in [6.07, 6.45) is 2.80. The molecule has 104 valence electrons. The molecule has 0 aliphatic heterocycles. The molecule has 0 heterocycles. The lowest BCUT2D eigenvalue weighted by Gasteiger charge is -2.22. The third-order valence-electron chi connectivity index (χ3n) is 3.54. The summed E-state index contributed by atoms with van der Waals surface area (Å²) < 4.78 is 0. The zero-order valence-electron chi connectivity index (χ0n) is 12.6. The van der Waals surface area contributed by atoms with E-state index in [2.05, 4.69) is 25.6 Å². The van der Waals surface area contributed by atoms with Crippen molar-refractivity contribution >= 4 is 5.91 Å². The van der Waals surface area contributed by atoms with Gasteiger partial charge < -0.3 is 4.90 Å². The zero-order chi connectivity index (χ0) is 14.4. The highest BCUT2D eigenvalue weighted by Crippen LogP contribution is 2.25. The highest BCUT2D eigenvalue weighted by atomic mass is 16.2. The first-order valence-corrected chi connectivity index (χ1v) is 7.05. The van der Waals surface area contributed by atoms with Gasteiger partial charge in [0.1, 0.15) is 0 Å². The van der Waals surface area contributed by atoms with Gasteiger partial charge in [0.2, 0.25) is 0 Å². The number of rotatable bonds is 6. The molecule has 1 amide bonds. The second-order valence-corrected chi connectivity index (χ2v) is 4.99. The molecule has 0 aliphatic rings. The number of carbonyl (C=O) groups is 1. The number of hydrogen-bond acceptors (Lipinski definition) is 1. The third-order valence-corrected chi connectivity index (χ3v) is 3.54. The summed E-state index contributed by atoms with van der Waals surface area (Å²) in [6.45, 7) is 13.5.